The van der Waals surface area contributed by atoms with Crippen LogP contribution >= 0.6 is 11.3 Å². The molecular weight excluding hydrogens is 276 g/mol. The Balaban J connectivity index is 1.74. The first kappa shape index (κ1) is 12.8. The van der Waals surface area contributed by atoms with Gasteiger partial charge in [-0.3, -0.25) is 0 Å². The molecule has 0 aliphatic rings. The number of phenolic OH excluding ortho intramolecular Hbond substituents is 1. The Bertz CT molecular complexity index is 679. The summed E-state index contributed by atoms with van der Waals surface area (Å²) in [6.07, 6.45) is 0.555. The first-order chi connectivity index (χ1) is 9.72. The van der Waals surface area contributed by atoms with Crippen LogP contribution in [0, 0.1) is 0 Å². The van der Waals surface area contributed by atoms with Gasteiger partial charge in [0.05, 0.1) is 11.6 Å². The van der Waals surface area contributed by atoms with Gasteiger partial charge in [-0.05, 0) is 24.1 Å². The van der Waals surface area contributed by atoms with Crippen molar-refractivity contribution in [1.82, 2.24) is 15.1 Å². The lowest BCUT2D eigenvalue weighted by Crippen LogP contribution is -2.13. The van der Waals surface area contributed by atoms with E-state index in [0.29, 0.717) is 23.8 Å². The molecule has 7 heteroatoms. The second-order valence-electron chi connectivity index (χ2n) is 4.31. The molecule has 1 aromatic carbocycles. The summed E-state index contributed by atoms with van der Waals surface area (Å²) in [5.74, 6) is 1.05. The number of hydrogen-bond donors (Lipinski definition) is 2. The first-order valence-corrected chi connectivity index (χ1v) is 6.92. The van der Waals surface area contributed by atoms with Gasteiger partial charge in [0.2, 0.25) is 11.7 Å². The summed E-state index contributed by atoms with van der Waals surface area (Å²) in [5.41, 5.74) is 9.44. The number of benzene rings is 1. The van der Waals surface area contributed by atoms with Gasteiger partial charge in [0, 0.05) is 5.38 Å². The van der Waals surface area contributed by atoms with Gasteiger partial charge >= 0.3 is 0 Å². The van der Waals surface area contributed by atoms with E-state index < -0.39 is 0 Å². The molecule has 102 valence electrons. The van der Waals surface area contributed by atoms with Crippen molar-refractivity contribution in [3.8, 4) is 17.3 Å². The van der Waals surface area contributed by atoms with E-state index >= 15 is 0 Å². The molecule has 6 nitrogen and oxygen atoms in total. The van der Waals surface area contributed by atoms with E-state index in [4.69, 9.17) is 10.3 Å². The highest BCUT2D eigenvalue weighted by Crippen LogP contribution is 2.20. The zero-order valence-corrected chi connectivity index (χ0v) is 11.2. The fourth-order valence-electron chi connectivity index (χ4n) is 1.79. The third kappa shape index (κ3) is 2.68. The summed E-state index contributed by atoms with van der Waals surface area (Å²) >= 11 is 1.47. The topological polar surface area (TPSA) is 98.1 Å². The summed E-state index contributed by atoms with van der Waals surface area (Å²) < 4.78 is 5.18. The predicted molar refractivity (Wildman–Crippen MR) is 74.1 cm³/mol. The second kappa shape index (κ2) is 5.40. The number of phenols is 1. The van der Waals surface area contributed by atoms with Crippen LogP contribution in [0.15, 0.2) is 39.7 Å². The van der Waals surface area contributed by atoms with Crippen LogP contribution in [0.2, 0.25) is 0 Å². The third-order valence-electron chi connectivity index (χ3n) is 2.81. The molecule has 0 spiro atoms. The van der Waals surface area contributed by atoms with Crippen molar-refractivity contribution in [2.75, 3.05) is 0 Å². The molecule has 0 amide bonds. The number of hydrogen-bond acceptors (Lipinski definition) is 7. The largest absolute Gasteiger partial charge is 0.508 e. The molecular formula is C13H12N4O2S. The maximum Gasteiger partial charge on any atom is 0.244 e. The van der Waals surface area contributed by atoms with E-state index in [9.17, 15) is 5.11 Å². The zero-order chi connectivity index (χ0) is 13.9. The van der Waals surface area contributed by atoms with E-state index in [-0.39, 0.29) is 11.8 Å². The number of aromatic nitrogens is 3. The van der Waals surface area contributed by atoms with Crippen molar-refractivity contribution in [3.63, 3.8) is 0 Å². The lowest BCUT2D eigenvalue weighted by Gasteiger charge is -2.06. The third-order valence-corrected chi connectivity index (χ3v) is 3.40. The van der Waals surface area contributed by atoms with Crippen LogP contribution in [0.5, 0.6) is 5.75 Å². The highest BCUT2D eigenvalue weighted by molar-refractivity contribution is 7.07. The molecule has 2 aromatic heterocycles. The average molecular weight is 288 g/mol. The highest BCUT2D eigenvalue weighted by Gasteiger charge is 2.17. The van der Waals surface area contributed by atoms with Crippen molar-refractivity contribution in [2.45, 2.75) is 12.5 Å². The average Bonchev–Trinajstić information content (AvgIpc) is 3.11. The number of rotatable bonds is 4. The molecule has 0 unspecified atom stereocenters. The molecule has 1 atom stereocenters. The summed E-state index contributed by atoms with van der Waals surface area (Å²) in [6.45, 7) is 0. The number of nitrogens with zero attached hydrogens (tertiary/aromatic N) is 3. The van der Waals surface area contributed by atoms with Gasteiger partial charge in [-0.2, -0.15) is 4.98 Å². The van der Waals surface area contributed by atoms with Crippen molar-refractivity contribution in [2.24, 2.45) is 5.73 Å². The molecule has 3 aromatic rings. The van der Waals surface area contributed by atoms with Crippen LogP contribution in [-0.4, -0.2) is 20.2 Å². The van der Waals surface area contributed by atoms with Gasteiger partial charge in [-0.15, -0.1) is 11.3 Å². The summed E-state index contributed by atoms with van der Waals surface area (Å²) in [5, 5.41) is 15.0. The number of thiazole rings is 1. The highest BCUT2D eigenvalue weighted by atomic mass is 32.1. The number of aromatic hydroxyl groups is 1. The van der Waals surface area contributed by atoms with Gasteiger partial charge in [-0.1, -0.05) is 17.3 Å². The maximum atomic E-state index is 9.24. The first-order valence-electron chi connectivity index (χ1n) is 5.98. The SMILES string of the molecule is N[C@H](Cc1ccc(O)cc1)c1nc(-c2cscn2)no1. The Morgan fingerprint density at radius 1 is 1.30 bits per heavy atom. The van der Waals surface area contributed by atoms with Gasteiger partial charge < -0.3 is 15.4 Å². The Morgan fingerprint density at radius 3 is 2.80 bits per heavy atom. The zero-order valence-electron chi connectivity index (χ0n) is 10.4. The molecule has 20 heavy (non-hydrogen) atoms. The fourth-order valence-corrected chi connectivity index (χ4v) is 2.32. The van der Waals surface area contributed by atoms with Crippen molar-refractivity contribution in [3.05, 3.63) is 46.6 Å². The lowest BCUT2D eigenvalue weighted by molar-refractivity contribution is 0.354. The molecule has 0 aliphatic heterocycles. The molecule has 3 rings (SSSR count). The monoisotopic (exact) mass is 288 g/mol. The second-order valence-corrected chi connectivity index (χ2v) is 5.03. The van der Waals surface area contributed by atoms with Gasteiger partial charge in [0.1, 0.15) is 11.4 Å². The maximum absolute atomic E-state index is 9.24. The molecule has 0 bridgehead atoms. The van der Waals surface area contributed by atoms with E-state index in [1.165, 1.54) is 11.3 Å². The minimum Gasteiger partial charge on any atom is -0.508 e. The molecule has 0 radical (unpaired) electrons. The van der Waals surface area contributed by atoms with Gasteiger partial charge in [0.15, 0.2) is 0 Å². The van der Waals surface area contributed by atoms with Crippen molar-refractivity contribution >= 4 is 11.3 Å². The van der Waals surface area contributed by atoms with Crippen LogP contribution in [0.1, 0.15) is 17.5 Å². The lowest BCUT2D eigenvalue weighted by atomic mass is 10.1. The van der Waals surface area contributed by atoms with Crippen LogP contribution in [0.25, 0.3) is 11.5 Å². The van der Waals surface area contributed by atoms with E-state index in [1.807, 2.05) is 17.5 Å². The van der Waals surface area contributed by atoms with Crippen molar-refractivity contribution in [1.29, 1.82) is 0 Å². The summed E-state index contributed by atoms with van der Waals surface area (Å²) in [4.78, 5) is 8.38. The molecule has 3 N–H and O–H groups in total. The van der Waals surface area contributed by atoms with E-state index in [1.54, 1.807) is 17.6 Å². The Labute approximate surface area is 118 Å². The fraction of sp³-hybridized carbons (Fsp3) is 0.154. The Kier molecular flexibility index (Phi) is 3.44. The Morgan fingerprint density at radius 2 is 2.10 bits per heavy atom. The molecule has 0 aliphatic carbocycles. The molecule has 2 heterocycles. The van der Waals surface area contributed by atoms with Crippen LogP contribution in [-0.2, 0) is 6.42 Å². The minimum absolute atomic E-state index is 0.228. The van der Waals surface area contributed by atoms with Gasteiger partial charge in [0.25, 0.3) is 0 Å². The molecule has 0 saturated carbocycles. The van der Waals surface area contributed by atoms with Crippen LogP contribution in [0.4, 0.5) is 0 Å². The quantitative estimate of drug-likeness (QED) is 0.763. The molecule has 0 fully saturated rings. The summed E-state index contributed by atoms with van der Waals surface area (Å²) in [6, 6.07) is 6.48. The predicted octanol–water partition coefficient (Wildman–Crippen LogP) is 2.14. The van der Waals surface area contributed by atoms with E-state index in [2.05, 4.69) is 15.1 Å². The van der Waals surface area contributed by atoms with Gasteiger partial charge in [-0.25, -0.2) is 4.98 Å². The molecule has 0 saturated heterocycles. The standard InChI is InChI=1S/C13H12N4O2S/c14-10(5-8-1-3-9(18)4-2-8)13-16-12(17-19-13)11-6-20-7-15-11/h1-4,6-7,10,18H,5,14H2/t10-/m1/s1. The normalized spacial score (nSPS) is 12.4. The summed E-state index contributed by atoms with van der Waals surface area (Å²) in [7, 11) is 0. The van der Waals surface area contributed by atoms with E-state index in [0.717, 1.165) is 5.56 Å². The Hall–Kier alpha value is -2.25. The minimum atomic E-state index is -0.389. The van der Waals surface area contributed by atoms with Crippen LogP contribution < -0.4 is 5.73 Å². The number of nitrogens with two attached hydrogens (primary N) is 1. The smallest absolute Gasteiger partial charge is 0.244 e. The van der Waals surface area contributed by atoms with Crippen molar-refractivity contribution < 1.29 is 9.63 Å². The van der Waals surface area contributed by atoms with Crippen LogP contribution in [0.3, 0.4) is 0 Å².